The van der Waals surface area contributed by atoms with E-state index in [0.717, 1.165) is 120 Å². The van der Waals surface area contributed by atoms with E-state index in [0.29, 0.717) is 6.54 Å². The molecule has 0 bridgehead atoms. The first kappa shape index (κ1) is 38.5. The Morgan fingerprint density at radius 1 is 0.729 bits per heavy atom. The molecule has 304 valence electrons. The van der Waals surface area contributed by atoms with Crippen molar-refractivity contribution in [2.24, 2.45) is 5.92 Å². The van der Waals surface area contributed by atoms with Crippen molar-refractivity contribution in [3.8, 4) is 22.4 Å². The lowest BCUT2D eigenvalue weighted by molar-refractivity contribution is -0.138. The fourth-order valence-electron chi connectivity index (χ4n) is 9.42. The number of nitrogens with zero attached hydrogens (tertiary/aromatic N) is 5. The predicted octanol–water partition coefficient (Wildman–Crippen LogP) is 8.32. The number of H-pyrrole nitrogens is 2. The van der Waals surface area contributed by atoms with Crippen LogP contribution in [0.1, 0.15) is 87.7 Å². The lowest BCUT2D eigenvalue weighted by atomic mass is 9.99. The van der Waals surface area contributed by atoms with Crippen molar-refractivity contribution in [1.29, 1.82) is 0 Å². The van der Waals surface area contributed by atoms with Gasteiger partial charge in [0.1, 0.15) is 23.7 Å². The minimum Gasteiger partial charge on any atom is -0.453 e. The summed E-state index contributed by atoms with van der Waals surface area (Å²) >= 11 is 0. The van der Waals surface area contributed by atoms with Crippen molar-refractivity contribution >= 4 is 39.7 Å². The van der Waals surface area contributed by atoms with E-state index >= 15 is 0 Å². The van der Waals surface area contributed by atoms with Gasteiger partial charge in [-0.25, -0.2) is 14.8 Å². The van der Waals surface area contributed by atoms with E-state index < -0.39 is 12.1 Å². The highest BCUT2D eigenvalue weighted by atomic mass is 16.5. The molecule has 4 aromatic carbocycles. The normalized spacial score (nSPS) is 19.5. The number of hydrogen-bond acceptors (Lipinski definition) is 7. The number of methoxy groups -OCH3 is 1. The molecule has 0 unspecified atom stereocenters. The zero-order valence-electron chi connectivity index (χ0n) is 34.0. The molecule has 12 heteroatoms. The molecule has 0 saturated carbocycles. The number of ether oxygens (including phenoxy) is 1. The van der Waals surface area contributed by atoms with Crippen LogP contribution in [0, 0.1) is 5.92 Å². The number of likely N-dealkylation sites (tertiary alicyclic amines) is 3. The number of carbonyl (C=O) groups excluding carboxylic acids is 3. The van der Waals surface area contributed by atoms with E-state index in [-0.39, 0.29) is 35.9 Å². The van der Waals surface area contributed by atoms with Gasteiger partial charge >= 0.3 is 6.09 Å². The Labute approximate surface area is 344 Å². The number of fused-ring (bicyclic) bond motifs is 2. The highest BCUT2D eigenvalue weighted by Crippen LogP contribution is 2.38. The third-order valence-corrected chi connectivity index (χ3v) is 12.5. The molecule has 3 aliphatic rings. The van der Waals surface area contributed by atoms with Crippen LogP contribution in [0.4, 0.5) is 4.79 Å². The van der Waals surface area contributed by atoms with Gasteiger partial charge in [-0.2, -0.15) is 0 Å². The first-order chi connectivity index (χ1) is 28.7. The largest absolute Gasteiger partial charge is 0.453 e. The number of carbonyl (C=O) groups is 3. The van der Waals surface area contributed by atoms with Crippen molar-refractivity contribution in [3.63, 3.8) is 0 Å². The number of aromatic nitrogens is 4. The van der Waals surface area contributed by atoms with Gasteiger partial charge in [0.25, 0.3) is 0 Å². The molecule has 0 radical (unpaired) electrons. The Morgan fingerprint density at radius 3 is 2.08 bits per heavy atom. The monoisotopic (exact) mass is 792 g/mol. The van der Waals surface area contributed by atoms with E-state index in [9.17, 15) is 14.4 Å². The molecule has 3 aliphatic heterocycles. The maximum atomic E-state index is 14.4. The third kappa shape index (κ3) is 7.57. The van der Waals surface area contributed by atoms with Crippen LogP contribution in [0.2, 0.25) is 0 Å². The maximum Gasteiger partial charge on any atom is 0.407 e. The van der Waals surface area contributed by atoms with Crippen LogP contribution in [0.25, 0.3) is 44.2 Å². The molecule has 12 nitrogen and oxygen atoms in total. The lowest BCUT2D eigenvalue weighted by Crippen LogP contribution is -2.51. The zero-order chi connectivity index (χ0) is 40.6. The van der Waals surface area contributed by atoms with E-state index in [4.69, 9.17) is 14.7 Å². The molecule has 6 aromatic rings. The Hall–Kier alpha value is -6.01. The van der Waals surface area contributed by atoms with Gasteiger partial charge in [0.05, 0.1) is 42.1 Å². The van der Waals surface area contributed by atoms with Crippen molar-refractivity contribution in [2.45, 2.75) is 76.5 Å². The van der Waals surface area contributed by atoms with Crippen LogP contribution in [0.15, 0.2) is 91.1 Å². The SMILES string of the molecule is COC(=O)N[C@H](C(=O)N1CCC[C@H]1c1ncc(-c2ccc3cc(-c4ccc5nc([C@@H]6CCCN6C(=O)[C@@H](c6ccccc6)N6CCCC6)[nH]c5c4)ccc3c2)[nH]1)C(C)C. The molecular weight excluding hydrogens is 741 g/mol. The maximum absolute atomic E-state index is 14.4. The number of imidazole rings is 2. The number of rotatable bonds is 10. The second-order valence-corrected chi connectivity index (χ2v) is 16.6. The average molecular weight is 793 g/mol. The minimum atomic E-state index is -0.681. The van der Waals surface area contributed by atoms with Crippen molar-refractivity contribution in [2.75, 3.05) is 33.3 Å². The molecule has 5 heterocycles. The molecule has 2 aromatic heterocycles. The van der Waals surface area contributed by atoms with Crippen molar-refractivity contribution in [3.05, 3.63) is 108 Å². The predicted molar refractivity (Wildman–Crippen MR) is 228 cm³/mol. The summed E-state index contributed by atoms with van der Waals surface area (Å²) in [6.45, 7) is 7.06. The Bertz CT molecular complexity index is 2490. The standard InChI is InChI=1S/C47H52N8O4/c1-29(2)41(52-47(58)59-3)45(56)54-23-9-13-39(54)43-48-28-38(51-43)35-18-17-31-25-32(15-16-33(31)26-35)34-19-20-36-37(27-34)50-44(49-36)40-14-10-24-55(40)46(57)42(53-21-7-8-22-53)30-11-5-4-6-12-30/h4-6,11-12,15-20,25-29,39-42H,7-10,13-14,21-24H2,1-3H3,(H,48,51)(H,49,50)(H,52,58)/t39-,40-,41-,42+/m0/s1. The first-order valence-electron chi connectivity index (χ1n) is 21.1. The van der Waals surface area contributed by atoms with E-state index in [2.05, 4.69) is 91.8 Å². The number of benzene rings is 4. The minimum absolute atomic E-state index is 0.0832. The smallest absolute Gasteiger partial charge is 0.407 e. The number of amides is 3. The number of hydrogen-bond donors (Lipinski definition) is 3. The quantitative estimate of drug-likeness (QED) is 0.127. The molecular formula is C47H52N8O4. The van der Waals surface area contributed by atoms with Crippen LogP contribution >= 0.6 is 0 Å². The van der Waals surface area contributed by atoms with Crippen LogP contribution in [0.5, 0.6) is 0 Å². The molecule has 3 saturated heterocycles. The third-order valence-electron chi connectivity index (χ3n) is 12.5. The number of aromatic amines is 2. The van der Waals surface area contributed by atoms with Gasteiger partial charge in [-0.1, -0.05) is 74.5 Å². The summed E-state index contributed by atoms with van der Waals surface area (Å²) in [6, 6.07) is 28.3. The first-order valence-corrected chi connectivity index (χ1v) is 21.1. The summed E-state index contributed by atoms with van der Waals surface area (Å²) < 4.78 is 4.78. The summed E-state index contributed by atoms with van der Waals surface area (Å²) in [7, 11) is 1.30. The summed E-state index contributed by atoms with van der Waals surface area (Å²) in [5.74, 6) is 1.54. The highest BCUT2D eigenvalue weighted by molar-refractivity contribution is 5.92. The Morgan fingerprint density at radius 2 is 1.37 bits per heavy atom. The molecule has 3 N–H and O–H groups in total. The average Bonchev–Trinajstić information content (AvgIpc) is 4.11. The molecule has 0 spiro atoms. The van der Waals surface area contributed by atoms with Gasteiger partial charge < -0.3 is 29.8 Å². The van der Waals surface area contributed by atoms with Crippen molar-refractivity contribution in [1.82, 2.24) is 40.0 Å². The molecule has 0 aliphatic carbocycles. The topological polar surface area (TPSA) is 140 Å². The van der Waals surface area contributed by atoms with Crippen molar-refractivity contribution < 1.29 is 19.1 Å². The highest BCUT2D eigenvalue weighted by Gasteiger charge is 2.40. The molecule has 4 atom stereocenters. The van der Waals surface area contributed by atoms with E-state index in [1.54, 1.807) is 0 Å². The van der Waals surface area contributed by atoms with Crippen LogP contribution in [-0.2, 0) is 14.3 Å². The fraction of sp³-hybridized carbons (Fsp3) is 0.383. The lowest BCUT2D eigenvalue weighted by Gasteiger charge is -2.33. The van der Waals surface area contributed by atoms with Crippen LogP contribution in [0.3, 0.4) is 0 Å². The Balaban J connectivity index is 0.916. The molecule has 3 amide bonds. The second kappa shape index (κ2) is 16.3. The van der Waals surface area contributed by atoms with E-state index in [1.807, 2.05) is 43.1 Å². The fourth-order valence-corrected chi connectivity index (χ4v) is 9.42. The molecule has 3 fully saturated rings. The van der Waals surface area contributed by atoms with Gasteiger partial charge in [0.2, 0.25) is 11.8 Å². The number of nitrogens with one attached hydrogen (secondary N) is 3. The van der Waals surface area contributed by atoms with Crippen LogP contribution in [-0.4, -0.2) is 91.9 Å². The van der Waals surface area contributed by atoms with Gasteiger partial charge in [0.15, 0.2) is 0 Å². The van der Waals surface area contributed by atoms with Gasteiger partial charge in [0, 0.05) is 18.7 Å². The van der Waals surface area contributed by atoms with Gasteiger partial charge in [-0.15, -0.1) is 0 Å². The second-order valence-electron chi connectivity index (χ2n) is 16.6. The zero-order valence-corrected chi connectivity index (χ0v) is 34.0. The summed E-state index contributed by atoms with van der Waals surface area (Å²) in [5.41, 5.74) is 7.01. The van der Waals surface area contributed by atoms with Gasteiger partial charge in [-0.05, 0) is 109 Å². The Kier molecular flexibility index (Phi) is 10.7. The summed E-state index contributed by atoms with van der Waals surface area (Å²) in [6.07, 6.45) is 6.97. The molecule has 59 heavy (non-hydrogen) atoms. The summed E-state index contributed by atoms with van der Waals surface area (Å²) in [4.78, 5) is 63.1. The molecule has 9 rings (SSSR count). The van der Waals surface area contributed by atoms with Crippen LogP contribution < -0.4 is 5.32 Å². The van der Waals surface area contributed by atoms with E-state index in [1.165, 1.54) is 7.11 Å². The summed E-state index contributed by atoms with van der Waals surface area (Å²) in [5, 5.41) is 4.94. The van der Waals surface area contributed by atoms with Gasteiger partial charge in [-0.3, -0.25) is 14.5 Å². The number of alkyl carbamates (subject to hydrolysis) is 1.